The van der Waals surface area contributed by atoms with Crippen molar-refractivity contribution in [1.82, 2.24) is 5.16 Å². The van der Waals surface area contributed by atoms with Gasteiger partial charge in [0.15, 0.2) is 5.82 Å². The molecule has 0 spiro atoms. The first-order valence-corrected chi connectivity index (χ1v) is 9.73. The van der Waals surface area contributed by atoms with Gasteiger partial charge in [0.25, 0.3) is 0 Å². The Kier molecular flexibility index (Phi) is 6.08. The fourth-order valence-electron chi connectivity index (χ4n) is 3.25. The lowest BCUT2D eigenvalue weighted by molar-refractivity contribution is 0.262. The average molecular weight is 404 g/mol. The molecule has 1 aliphatic carbocycles. The van der Waals surface area contributed by atoms with Crippen molar-refractivity contribution < 1.29 is 9.32 Å². The Hall–Kier alpha value is -3.78. The monoisotopic (exact) mass is 404 g/mol. The van der Waals surface area contributed by atoms with Crippen LogP contribution in [0.2, 0.25) is 0 Å². The SMILES string of the molecule is CC(C)(C)c1cc(NC(=O)Nc2ccc(N(CC#N)C3=C(C#N)CCC3)cc2)no1. The second-order valence-electron chi connectivity index (χ2n) is 8.09. The van der Waals surface area contributed by atoms with E-state index < -0.39 is 6.03 Å². The third-order valence-electron chi connectivity index (χ3n) is 4.81. The fraction of sp³-hybridized carbons (Fsp3) is 0.364. The summed E-state index contributed by atoms with van der Waals surface area (Å²) in [7, 11) is 0. The number of nitriles is 2. The van der Waals surface area contributed by atoms with Crippen molar-refractivity contribution in [2.24, 2.45) is 0 Å². The maximum absolute atomic E-state index is 12.3. The van der Waals surface area contributed by atoms with Gasteiger partial charge in [-0.1, -0.05) is 25.9 Å². The van der Waals surface area contributed by atoms with Gasteiger partial charge in [0.2, 0.25) is 0 Å². The van der Waals surface area contributed by atoms with Crippen LogP contribution >= 0.6 is 0 Å². The average Bonchev–Trinajstić information content (AvgIpc) is 3.36. The smallest absolute Gasteiger partial charge is 0.324 e. The van der Waals surface area contributed by atoms with E-state index >= 15 is 0 Å². The van der Waals surface area contributed by atoms with Gasteiger partial charge in [-0.05, 0) is 43.5 Å². The highest BCUT2D eigenvalue weighted by Crippen LogP contribution is 2.32. The zero-order chi connectivity index (χ0) is 21.7. The van der Waals surface area contributed by atoms with Crippen LogP contribution in [0.25, 0.3) is 0 Å². The third-order valence-corrected chi connectivity index (χ3v) is 4.81. The molecule has 2 N–H and O–H groups in total. The number of amides is 2. The minimum absolute atomic E-state index is 0.163. The maximum Gasteiger partial charge on any atom is 0.324 e. The van der Waals surface area contributed by atoms with E-state index in [1.807, 2.05) is 37.8 Å². The number of hydrogen-bond donors (Lipinski definition) is 2. The minimum Gasteiger partial charge on any atom is -0.359 e. The minimum atomic E-state index is -0.435. The summed E-state index contributed by atoms with van der Waals surface area (Å²) in [6.07, 6.45) is 2.44. The number of carbonyl (C=O) groups is 1. The van der Waals surface area contributed by atoms with Crippen molar-refractivity contribution in [2.45, 2.75) is 45.4 Å². The zero-order valence-electron chi connectivity index (χ0n) is 17.3. The summed E-state index contributed by atoms with van der Waals surface area (Å²) in [6.45, 7) is 6.15. The molecule has 1 aliphatic rings. The Morgan fingerprint density at radius 2 is 1.93 bits per heavy atom. The molecule has 0 aliphatic heterocycles. The van der Waals surface area contributed by atoms with Crippen LogP contribution in [-0.2, 0) is 5.41 Å². The first kappa shape index (κ1) is 20.9. The fourth-order valence-corrected chi connectivity index (χ4v) is 3.25. The molecule has 0 saturated heterocycles. The lowest BCUT2D eigenvalue weighted by Gasteiger charge is -2.24. The standard InChI is InChI=1S/C22H24N6O2/c1-22(2,3)19-13-20(27-30-19)26-21(29)25-16-7-9-17(10-8-16)28(12-11-23)18-6-4-5-15(18)14-24/h7-10,13H,4-6,12H2,1-3H3,(H2,25,26,27,29). The van der Waals surface area contributed by atoms with Gasteiger partial charge >= 0.3 is 6.03 Å². The maximum atomic E-state index is 12.3. The van der Waals surface area contributed by atoms with Crippen molar-refractivity contribution in [1.29, 1.82) is 10.5 Å². The molecule has 154 valence electrons. The van der Waals surface area contributed by atoms with Gasteiger partial charge in [0, 0.05) is 34.1 Å². The van der Waals surface area contributed by atoms with Crippen LogP contribution in [0.4, 0.5) is 22.0 Å². The first-order valence-electron chi connectivity index (χ1n) is 9.73. The normalized spacial score (nSPS) is 13.5. The van der Waals surface area contributed by atoms with Crippen molar-refractivity contribution in [3.8, 4) is 12.1 Å². The number of rotatable bonds is 5. The summed E-state index contributed by atoms with van der Waals surface area (Å²) < 4.78 is 5.26. The van der Waals surface area contributed by atoms with Gasteiger partial charge in [-0.25, -0.2) is 4.79 Å². The van der Waals surface area contributed by atoms with Gasteiger partial charge in [-0.3, -0.25) is 5.32 Å². The number of nitrogens with one attached hydrogen (secondary N) is 2. The largest absolute Gasteiger partial charge is 0.359 e. The lowest BCUT2D eigenvalue weighted by Crippen LogP contribution is -2.23. The molecule has 8 heteroatoms. The molecule has 1 heterocycles. The molecule has 0 atom stereocenters. The number of hydrogen-bond acceptors (Lipinski definition) is 6. The highest BCUT2D eigenvalue weighted by Gasteiger charge is 2.22. The van der Waals surface area contributed by atoms with E-state index in [2.05, 4.69) is 27.9 Å². The molecular formula is C22H24N6O2. The number of aromatic nitrogens is 1. The van der Waals surface area contributed by atoms with Crippen molar-refractivity contribution in [2.75, 3.05) is 22.1 Å². The van der Waals surface area contributed by atoms with E-state index in [4.69, 9.17) is 4.52 Å². The number of nitrogens with zero attached hydrogens (tertiary/aromatic N) is 4. The van der Waals surface area contributed by atoms with Gasteiger partial charge in [-0.15, -0.1) is 0 Å². The van der Waals surface area contributed by atoms with Gasteiger partial charge in [-0.2, -0.15) is 10.5 Å². The second kappa shape index (κ2) is 8.71. The molecule has 30 heavy (non-hydrogen) atoms. The summed E-state index contributed by atoms with van der Waals surface area (Å²) in [5.41, 5.74) is 2.83. The second-order valence-corrected chi connectivity index (χ2v) is 8.09. The van der Waals surface area contributed by atoms with Gasteiger partial charge < -0.3 is 14.7 Å². The van der Waals surface area contributed by atoms with Crippen molar-refractivity contribution in [3.63, 3.8) is 0 Å². The van der Waals surface area contributed by atoms with Crippen LogP contribution in [0.5, 0.6) is 0 Å². The molecule has 0 bridgehead atoms. The topological polar surface area (TPSA) is 118 Å². The molecule has 2 amide bonds. The van der Waals surface area contributed by atoms with E-state index in [9.17, 15) is 15.3 Å². The van der Waals surface area contributed by atoms with Gasteiger partial charge in [0.1, 0.15) is 12.3 Å². The molecule has 0 radical (unpaired) electrons. The molecule has 0 saturated carbocycles. The van der Waals surface area contributed by atoms with E-state index in [-0.39, 0.29) is 12.0 Å². The Labute approximate surface area is 175 Å². The number of anilines is 3. The van der Waals surface area contributed by atoms with Crippen LogP contribution in [0.1, 0.15) is 45.8 Å². The summed E-state index contributed by atoms with van der Waals surface area (Å²) in [5.74, 6) is 1.02. The van der Waals surface area contributed by atoms with E-state index in [0.29, 0.717) is 17.3 Å². The van der Waals surface area contributed by atoms with Crippen LogP contribution in [-0.4, -0.2) is 17.7 Å². The summed E-state index contributed by atoms with van der Waals surface area (Å²) in [4.78, 5) is 14.1. The van der Waals surface area contributed by atoms with E-state index in [0.717, 1.165) is 36.2 Å². The zero-order valence-corrected chi connectivity index (χ0v) is 17.3. The van der Waals surface area contributed by atoms with Gasteiger partial charge in [0.05, 0.1) is 12.1 Å². The Bertz CT molecular complexity index is 1030. The highest BCUT2D eigenvalue weighted by molar-refractivity contribution is 5.99. The van der Waals surface area contributed by atoms with E-state index in [1.54, 1.807) is 18.2 Å². The molecule has 8 nitrogen and oxygen atoms in total. The predicted molar refractivity (Wildman–Crippen MR) is 114 cm³/mol. The van der Waals surface area contributed by atoms with Crippen LogP contribution in [0.15, 0.2) is 46.1 Å². The molecule has 2 aromatic rings. The molecular weight excluding hydrogens is 380 g/mol. The number of allylic oxidation sites excluding steroid dienone is 2. The Morgan fingerprint density at radius 1 is 1.20 bits per heavy atom. The van der Waals surface area contributed by atoms with Crippen molar-refractivity contribution in [3.05, 3.63) is 47.4 Å². The summed E-state index contributed by atoms with van der Waals surface area (Å²) >= 11 is 0. The Morgan fingerprint density at radius 3 is 2.53 bits per heavy atom. The van der Waals surface area contributed by atoms with Crippen LogP contribution in [0.3, 0.4) is 0 Å². The lowest BCUT2D eigenvalue weighted by atomic mass is 9.93. The predicted octanol–water partition coefficient (Wildman–Crippen LogP) is 4.91. The van der Waals surface area contributed by atoms with E-state index in [1.165, 1.54) is 0 Å². The van der Waals surface area contributed by atoms with Crippen molar-refractivity contribution >= 4 is 23.2 Å². The number of benzene rings is 1. The highest BCUT2D eigenvalue weighted by atomic mass is 16.5. The third kappa shape index (κ3) is 4.79. The molecule has 1 aromatic heterocycles. The number of urea groups is 1. The Balaban J connectivity index is 1.68. The molecule has 0 fully saturated rings. The summed E-state index contributed by atoms with van der Waals surface area (Å²) in [6, 6.07) is 12.8. The number of carbonyl (C=O) groups excluding carboxylic acids is 1. The molecule has 0 unspecified atom stereocenters. The molecule has 3 rings (SSSR count). The first-order chi connectivity index (χ1) is 14.3. The molecule has 1 aromatic carbocycles. The summed E-state index contributed by atoms with van der Waals surface area (Å²) in [5, 5.41) is 27.8. The quantitative estimate of drug-likeness (QED) is 0.684. The van der Waals surface area contributed by atoms with Crippen LogP contribution < -0.4 is 15.5 Å². The van der Waals surface area contributed by atoms with Crippen LogP contribution in [0, 0.1) is 22.7 Å².